The molecule has 2 heterocycles. The summed E-state index contributed by atoms with van der Waals surface area (Å²) in [5.41, 5.74) is 4.46. The molecular formula is C23H28N4O3. The van der Waals surface area contributed by atoms with Gasteiger partial charge in [0.1, 0.15) is 11.6 Å². The number of ether oxygens (including phenoxy) is 1. The Morgan fingerprint density at radius 2 is 2.13 bits per heavy atom. The third kappa shape index (κ3) is 4.98. The highest BCUT2D eigenvalue weighted by Crippen LogP contribution is 2.20. The van der Waals surface area contributed by atoms with Crippen molar-refractivity contribution in [3.8, 4) is 5.75 Å². The molecule has 0 saturated heterocycles. The van der Waals surface area contributed by atoms with Crippen LogP contribution in [0.25, 0.3) is 11.0 Å². The van der Waals surface area contributed by atoms with Gasteiger partial charge in [-0.3, -0.25) is 9.69 Å². The second kappa shape index (κ2) is 9.28. The molecule has 1 aromatic heterocycles. The summed E-state index contributed by atoms with van der Waals surface area (Å²) in [6, 6.07) is 14.1. The summed E-state index contributed by atoms with van der Waals surface area (Å²) in [6.45, 7) is 2.59. The number of nitrogens with one attached hydrogen (secondary N) is 2. The Labute approximate surface area is 176 Å². The first-order valence-corrected chi connectivity index (χ1v) is 10.4. The van der Waals surface area contributed by atoms with Crippen LogP contribution < -0.4 is 10.1 Å². The Bertz CT molecular complexity index is 1020. The fourth-order valence-corrected chi connectivity index (χ4v) is 3.91. The minimum Gasteiger partial charge on any atom is -0.497 e. The average molecular weight is 409 g/mol. The Balaban J connectivity index is 1.20. The van der Waals surface area contributed by atoms with Crippen LogP contribution in [0, 0.1) is 0 Å². The van der Waals surface area contributed by atoms with Gasteiger partial charge in [0.15, 0.2) is 0 Å². The van der Waals surface area contributed by atoms with Crippen LogP contribution in [0.5, 0.6) is 5.75 Å². The minimum absolute atomic E-state index is 0.0870. The molecule has 1 amide bonds. The number of aliphatic hydroxyl groups is 1. The number of aliphatic hydroxyl groups excluding tert-OH is 1. The van der Waals surface area contributed by atoms with Crippen LogP contribution in [0.4, 0.5) is 0 Å². The fourth-order valence-electron chi connectivity index (χ4n) is 3.91. The second-order valence-electron chi connectivity index (χ2n) is 7.78. The van der Waals surface area contributed by atoms with E-state index in [0.29, 0.717) is 19.4 Å². The summed E-state index contributed by atoms with van der Waals surface area (Å²) in [6.07, 6.45) is 1.25. The molecule has 0 bridgehead atoms. The Morgan fingerprint density at radius 1 is 1.30 bits per heavy atom. The zero-order valence-corrected chi connectivity index (χ0v) is 17.2. The first kappa shape index (κ1) is 20.4. The number of carbonyl (C=O) groups is 1. The van der Waals surface area contributed by atoms with E-state index in [1.54, 1.807) is 7.11 Å². The molecule has 7 nitrogen and oxygen atoms in total. The molecule has 0 radical (unpaired) electrons. The van der Waals surface area contributed by atoms with Crippen molar-refractivity contribution in [1.29, 1.82) is 0 Å². The van der Waals surface area contributed by atoms with Gasteiger partial charge >= 0.3 is 0 Å². The van der Waals surface area contributed by atoms with E-state index < -0.39 is 6.10 Å². The number of H-pyrrole nitrogens is 1. The number of rotatable bonds is 8. The van der Waals surface area contributed by atoms with Gasteiger partial charge in [0.2, 0.25) is 5.91 Å². The lowest BCUT2D eigenvalue weighted by Crippen LogP contribution is -2.42. The summed E-state index contributed by atoms with van der Waals surface area (Å²) in [5.74, 6) is 1.44. The van der Waals surface area contributed by atoms with Crippen LogP contribution in [-0.4, -0.2) is 58.7 Å². The number of nitrogens with zero attached hydrogens (tertiary/aromatic N) is 2. The maximum Gasteiger partial charge on any atom is 0.220 e. The van der Waals surface area contributed by atoms with Gasteiger partial charge in [-0.25, -0.2) is 4.98 Å². The smallest absolute Gasteiger partial charge is 0.220 e. The predicted octanol–water partition coefficient (Wildman–Crippen LogP) is 2.04. The van der Waals surface area contributed by atoms with Gasteiger partial charge in [0, 0.05) is 45.1 Å². The molecule has 0 aliphatic carbocycles. The van der Waals surface area contributed by atoms with E-state index in [1.807, 2.05) is 18.2 Å². The van der Waals surface area contributed by atoms with Crippen LogP contribution in [0.2, 0.25) is 0 Å². The lowest BCUT2D eigenvalue weighted by atomic mass is 10.00. The summed E-state index contributed by atoms with van der Waals surface area (Å²) >= 11 is 0. The number of benzene rings is 2. The minimum atomic E-state index is -0.585. The normalized spacial score (nSPS) is 15.0. The summed E-state index contributed by atoms with van der Waals surface area (Å²) < 4.78 is 5.22. The summed E-state index contributed by atoms with van der Waals surface area (Å²) in [5, 5.41) is 13.2. The number of aromatic nitrogens is 2. The van der Waals surface area contributed by atoms with Crippen LogP contribution in [0.1, 0.15) is 23.4 Å². The second-order valence-corrected chi connectivity index (χ2v) is 7.78. The van der Waals surface area contributed by atoms with E-state index in [-0.39, 0.29) is 12.5 Å². The topological polar surface area (TPSA) is 90.5 Å². The quantitative estimate of drug-likeness (QED) is 0.531. The molecule has 0 unspecified atom stereocenters. The number of aryl methyl sites for hydroxylation is 1. The molecule has 4 rings (SSSR count). The van der Waals surface area contributed by atoms with E-state index in [2.05, 4.69) is 44.5 Å². The first-order valence-electron chi connectivity index (χ1n) is 10.4. The van der Waals surface area contributed by atoms with Crippen LogP contribution in [0.15, 0.2) is 42.5 Å². The van der Waals surface area contributed by atoms with Crippen molar-refractivity contribution >= 4 is 16.9 Å². The Kier molecular flexibility index (Phi) is 6.30. The van der Waals surface area contributed by atoms with Gasteiger partial charge in [-0.15, -0.1) is 0 Å². The van der Waals surface area contributed by atoms with Gasteiger partial charge in [0.05, 0.1) is 24.2 Å². The van der Waals surface area contributed by atoms with E-state index in [0.717, 1.165) is 42.1 Å². The zero-order chi connectivity index (χ0) is 20.9. The highest BCUT2D eigenvalue weighted by atomic mass is 16.5. The van der Waals surface area contributed by atoms with Crippen molar-refractivity contribution in [3.05, 3.63) is 59.4 Å². The van der Waals surface area contributed by atoms with Gasteiger partial charge in [0.25, 0.3) is 0 Å². The van der Waals surface area contributed by atoms with E-state index in [4.69, 9.17) is 4.74 Å². The maximum atomic E-state index is 12.2. The number of aromatic amines is 1. The lowest BCUT2D eigenvalue weighted by molar-refractivity contribution is -0.121. The fraction of sp³-hybridized carbons (Fsp3) is 0.391. The molecule has 0 saturated carbocycles. The Morgan fingerprint density at radius 3 is 2.97 bits per heavy atom. The van der Waals surface area contributed by atoms with Crippen molar-refractivity contribution in [2.75, 3.05) is 26.7 Å². The van der Waals surface area contributed by atoms with Crippen molar-refractivity contribution < 1.29 is 14.6 Å². The van der Waals surface area contributed by atoms with Gasteiger partial charge in [-0.05, 0) is 29.7 Å². The molecule has 1 aliphatic rings. The molecular weight excluding hydrogens is 380 g/mol. The SMILES string of the molecule is COc1ccc2nc(CCC(=O)NC[C@H](O)CN3CCc4ccccc4C3)[nH]c2c1. The van der Waals surface area contributed by atoms with Gasteiger partial charge in [-0.1, -0.05) is 24.3 Å². The number of hydrogen-bond acceptors (Lipinski definition) is 5. The Hall–Kier alpha value is -2.90. The van der Waals surface area contributed by atoms with Crippen molar-refractivity contribution in [1.82, 2.24) is 20.2 Å². The average Bonchev–Trinajstić information content (AvgIpc) is 3.18. The van der Waals surface area contributed by atoms with E-state index >= 15 is 0 Å². The molecule has 0 spiro atoms. The standard InChI is InChI=1S/C23H28N4O3/c1-30-19-6-7-20-21(12-19)26-22(25-20)8-9-23(29)24-13-18(28)15-27-11-10-16-4-2-3-5-17(16)14-27/h2-7,12,18,28H,8-11,13-15H2,1H3,(H,24,29)(H,25,26)/t18-/m0/s1. The van der Waals surface area contributed by atoms with Crippen LogP contribution >= 0.6 is 0 Å². The lowest BCUT2D eigenvalue weighted by Gasteiger charge is -2.30. The summed E-state index contributed by atoms with van der Waals surface area (Å²) in [4.78, 5) is 22.2. The third-order valence-electron chi connectivity index (χ3n) is 5.54. The zero-order valence-electron chi connectivity index (χ0n) is 17.2. The summed E-state index contributed by atoms with van der Waals surface area (Å²) in [7, 11) is 1.63. The van der Waals surface area contributed by atoms with Gasteiger partial charge in [-0.2, -0.15) is 0 Å². The predicted molar refractivity (Wildman–Crippen MR) is 115 cm³/mol. The number of imidazole rings is 1. The number of β-amino-alcohol motifs (C(OH)–C–C–N with tert-alkyl or cyclic N) is 1. The van der Waals surface area contributed by atoms with Crippen molar-refractivity contribution in [2.45, 2.75) is 31.9 Å². The number of amides is 1. The highest BCUT2D eigenvalue weighted by molar-refractivity contribution is 5.78. The largest absolute Gasteiger partial charge is 0.497 e. The molecule has 1 atom stereocenters. The number of methoxy groups -OCH3 is 1. The monoisotopic (exact) mass is 408 g/mol. The number of hydrogen-bond donors (Lipinski definition) is 3. The van der Waals surface area contributed by atoms with Crippen molar-refractivity contribution in [2.24, 2.45) is 0 Å². The van der Waals surface area contributed by atoms with Crippen LogP contribution in [0.3, 0.4) is 0 Å². The first-order chi connectivity index (χ1) is 14.6. The van der Waals surface area contributed by atoms with Crippen LogP contribution in [-0.2, 0) is 24.2 Å². The van der Waals surface area contributed by atoms with Gasteiger partial charge < -0.3 is 20.1 Å². The maximum absolute atomic E-state index is 12.2. The molecule has 3 aromatic rings. The molecule has 3 N–H and O–H groups in total. The molecule has 158 valence electrons. The molecule has 0 fully saturated rings. The highest BCUT2D eigenvalue weighted by Gasteiger charge is 2.18. The number of carbonyl (C=O) groups excluding carboxylic acids is 1. The van der Waals surface area contributed by atoms with E-state index in [9.17, 15) is 9.90 Å². The number of fused-ring (bicyclic) bond motifs is 2. The molecule has 30 heavy (non-hydrogen) atoms. The third-order valence-corrected chi connectivity index (χ3v) is 5.54. The molecule has 1 aliphatic heterocycles. The van der Waals surface area contributed by atoms with Crippen molar-refractivity contribution in [3.63, 3.8) is 0 Å². The van der Waals surface area contributed by atoms with E-state index in [1.165, 1.54) is 11.1 Å². The molecule has 7 heteroatoms. The molecule has 2 aromatic carbocycles.